The fourth-order valence-corrected chi connectivity index (χ4v) is 2.62. The lowest BCUT2D eigenvalue weighted by atomic mass is 10.1. The van der Waals surface area contributed by atoms with Gasteiger partial charge in [0, 0.05) is 26.3 Å². The van der Waals surface area contributed by atoms with E-state index < -0.39 is 0 Å². The molecule has 2 rings (SSSR count). The molecule has 3 nitrogen and oxygen atoms in total. The van der Waals surface area contributed by atoms with Crippen molar-refractivity contribution >= 4 is 0 Å². The van der Waals surface area contributed by atoms with Crippen LogP contribution in [0, 0.1) is 11.8 Å². The average molecular weight is 227 g/mol. The van der Waals surface area contributed by atoms with Crippen molar-refractivity contribution in [2.45, 2.75) is 32.1 Å². The molecule has 3 heteroatoms. The number of ether oxygens (including phenoxy) is 2. The van der Waals surface area contributed by atoms with Gasteiger partial charge in [-0.25, -0.2) is 0 Å². The van der Waals surface area contributed by atoms with Crippen molar-refractivity contribution in [1.82, 2.24) is 5.32 Å². The van der Waals surface area contributed by atoms with E-state index in [9.17, 15) is 0 Å². The second-order valence-electron chi connectivity index (χ2n) is 5.16. The van der Waals surface area contributed by atoms with Crippen LogP contribution in [-0.4, -0.2) is 39.5 Å². The summed E-state index contributed by atoms with van der Waals surface area (Å²) in [6, 6.07) is 0. The molecule has 1 saturated heterocycles. The van der Waals surface area contributed by atoms with Crippen LogP contribution in [0.1, 0.15) is 32.1 Å². The molecule has 16 heavy (non-hydrogen) atoms. The first-order valence-electron chi connectivity index (χ1n) is 6.81. The molecular weight excluding hydrogens is 202 g/mol. The summed E-state index contributed by atoms with van der Waals surface area (Å²) in [6.45, 7) is 5.81. The summed E-state index contributed by atoms with van der Waals surface area (Å²) in [7, 11) is 0. The first-order chi connectivity index (χ1) is 7.95. The molecule has 0 aromatic rings. The Labute approximate surface area is 98.9 Å². The van der Waals surface area contributed by atoms with Crippen LogP contribution >= 0.6 is 0 Å². The lowest BCUT2D eigenvalue weighted by Gasteiger charge is -2.11. The molecule has 1 N–H and O–H groups in total. The molecule has 2 fully saturated rings. The van der Waals surface area contributed by atoms with Gasteiger partial charge in [-0.2, -0.15) is 0 Å². The van der Waals surface area contributed by atoms with Crippen molar-refractivity contribution in [3.63, 3.8) is 0 Å². The Morgan fingerprint density at radius 1 is 1.12 bits per heavy atom. The summed E-state index contributed by atoms with van der Waals surface area (Å²) >= 11 is 0. The van der Waals surface area contributed by atoms with Crippen molar-refractivity contribution in [3.8, 4) is 0 Å². The first-order valence-corrected chi connectivity index (χ1v) is 6.81. The highest BCUT2D eigenvalue weighted by molar-refractivity contribution is 4.67. The minimum Gasteiger partial charge on any atom is -0.381 e. The van der Waals surface area contributed by atoms with Gasteiger partial charge in [-0.05, 0) is 31.1 Å². The molecule has 1 saturated carbocycles. The molecule has 94 valence electrons. The van der Waals surface area contributed by atoms with Crippen molar-refractivity contribution < 1.29 is 9.47 Å². The average Bonchev–Trinajstić information content (AvgIpc) is 2.96. The SMILES string of the molecule is C1CCC(COCCNCC2CCOC2)C1. The lowest BCUT2D eigenvalue weighted by molar-refractivity contribution is 0.102. The zero-order chi connectivity index (χ0) is 11.1. The van der Waals surface area contributed by atoms with Gasteiger partial charge in [0.2, 0.25) is 0 Å². The van der Waals surface area contributed by atoms with Crippen molar-refractivity contribution in [2.75, 3.05) is 39.5 Å². The second-order valence-corrected chi connectivity index (χ2v) is 5.16. The lowest BCUT2D eigenvalue weighted by Crippen LogP contribution is -2.27. The van der Waals surface area contributed by atoms with E-state index in [0.29, 0.717) is 0 Å². The molecule has 0 aromatic heterocycles. The van der Waals surface area contributed by atoms with E-state index in [1.165, 1.54) is 32.1 Å². The van der Waals surface area contributed by atoms with Crippen LogP contribution in [0.25, 0.3) is 0 Å². The van der Waals surface area contributed by atoms with E-state index in [4.69, 9.17) is 9.47 Å². The Bertz CT molecular complexity index is 155. The zero-order valence-corrected chi connectivity index (χ0v) is 10.2. The van der Waals surface area contributed by atoms with Crippen LogP contribution in [0.15, 0.2) is 0 Å². The molecular formula is C13H25NO2. The van der Waals surface area contributed by atoms with Gasteiger partial charge in [0.1, 0.15) is 0 Å². The number of rotatable bonds is 7. The van der Waals surface area contributed by atoms with Crippen LogP contribution in [0.4, 0.5) is 0 Å². The van der Waals surface area contributed by atoms with Gasteiger partial charge < -0.3 is 14.8 Å². The van der Waals surface area contributed by atoms with Crippen molar-refractivity contribution in [2.24, 2.45) is 11.8 Å². The molecule has 1 aliphatic carbocycles. The van der Waals surface area contributed by atoms with E-state index in [1.54, 1.807) is 0 Å². The fraction of sp³-hybridized carbons (Fsp3) is 1.00. The summed E-state index contributed by atoms with van der Waals surface area (Å²) in [5, 5.41) is 3.45. The molecule has 0 amide bonds. The van der Waals surface area contributed by atoms with Crippen LogP contribution in [0.3, 0.4) is 0 Å². The standard InChI is InChI=1S/C13H25NO2/c1-2-4-12(3-1)10-16-8-6-14-9-13-5-7-15-11-13/h12-14H,1-11H2. The Kier molecular flexibility index (Phi) is 5.59. The van der Waals surface area contributed by atoms with E-state index >= 15 is 0 Å². The summed E-state index contributed by atoms with van der Waals surface area (Å²) in [5.74, 6) is 1.58. The molecule has 0 aromatic carbocycles. The summed E-state index contributed by atoms with van der Waals surface area (Å²) in [5.41, 5.74) is 0. The van der Waals surface area contributed by atoms with Gasteiger partial charge in [-0.3, -0.25) is 0 Å². The van der Waals surface area contributed by atoms with Gasteiger partial charge in [0.25, 0.3) is 0 Å². The van der Waals surface area contributed by atoms with Gasteiger partial charge in [-0.1, -0.05) is 12.8 Å². The zero-order valence-electron chi connectivity index (χ0n) is 10.2. The number of nitrogens with one attached hydrogen (secondary N) is 1. The monoisotopic (exact) mass is 227 g/mol. The highest BCUT2D eigenvalue weighted by Gasteiger charge is 2.15. The molecule has 1 atom stereocenters. The van der Waals surface area contributed by atoms with Gasteiger partial charge >= 0.3 is 0 Å². The van der Waals surface area contributed by atoms with Crippen molar-refractivity contribution in [3.05, 3.63) is 0 Å². The van der Waals surface area contributed by atoms with Crippen LogP contribution in [-0.2, 0) is 9.47 Å². The van der Waals surface area contributed by atoms with E-state index in [1.807, 2.05) is 0 Å². The van der Waals surface area contributed by atoms with Crippen LogP contribution in [0.5, 0.6) is 0 Å². The Hall–Kier alpha value is -0.120. The van der Waals surface area contributed by atoms with Crippen LogP contribution in [0.2, 0.25) is 0 Å². The molecule has 0 bridgehead atoms. The number of hydrogen-bond acceptors (Lipinski definition) is 3. The minimum absolute atomic E-state index is 0.731. The maximum absolute atomic E-state index is 5.69. The topological polar surface area (TPSA) is 30.5 Å². The Morgan fingerprint density at radius 2 is 2.00 bits per heavy atom. The normalized spacial score (nSPS) is 26.6. The molecule has 1 aliphatic heterocycles. The predicted octanol–water partition coefficient (Wildman–Crippen LogP) is 1.82. The third-order valence-electron chi connectivity index (χ3n) is 3.71. The third kappa shape index (κ3) is 4.40. The number of hydrogen-bond donors (Lipinski definition) is 1. The van der Waals surface area contributed by atoms with Crippen LogP contribution < -0.4 is 5.32 Å². The summed E-state index contributed by atoms with van der Waals surface area (Å²) in [4.78, 5) is 0. The van der Waals surface area contributed by atoms with Crippen molar-refractivity contribution in [1.29, 1.82) is 0 Å². The molecule has 0 spiro atoms. The molecule has 2 aliphatic rings. The smallest absolute Gasteiger partial charge is 0.0591 e. The predicted molar refractivity (Wildman–Crippen MR) is 64.6 cm³/mol. The van der Waals surface area contributed by atoms with E-state index in [2.05, 4.69) is 5.32 Å². The Morgan fingerprint density at radius 3 is 2.75 bits per heavy atom. The molecule has 1 heterocycles. The second kappa shape index (κ2) is 7.25. The molecule has 1 unspecified atom stereocenters. The largest absolute Gasteiger partial charge is 0.381 e. The van der Waals surface area contributed by atoms with E-state index in [-0.39, 0.29) is 0 Å². The maximum atomic E-state index is 5.69. The third-order valence-corrected chi connectivity index (χ3v) is 3.71. The highest BCUT2D eigenvalue weighted by Crippen LogP contribution is 2.24. The Balaban J connectivity index is 1.37. The summed E-state index contributed by atoms with van der Waals surface area (Å²) < 4.78 is 11.0. The van der Waals surface area contributed by atoms with E-state index in [0.717, 1.165) is 51.4 Å². The first kappa shape index (κ1) is 12.3. The summed E-state index contributed by atoms with van der Waals surface area (Å²) in [6.07, 6.45) is 6.80. The maximum Gasteiger partial charge on any atom is 0.0591 e. The minimum atomic E-state index is 0.731. The van der Waals surface area contributed by atoms with Gasteiger partial charge in [-0.15, -0.1) is 0 Å². The molecule has 0 radical (unpaired) electrons. The quantitative estimate of drug-likeness (QED) is 0.673. The fourth-order valence-electron chi connectivity index (χ4n) is 2.62. The van der Waals surface area contributed by atoms with Gasteiger partial charge in [0.15, 0.2) is 0 Å². The van der Waals surface area contributed by atoms with Gasteiger partial charge in [0.05, 0.1) is 13.2 Å². The highest BCUT2D eigenvalue weighted by atomic mass is 16.5.